The largest absolute Gasteiger partial charge is 0.456 e. The average Bonchev–Trinajstić information content (AvgIpc) is 2.96. The number of aliphatic hydroxyl groups excluding tert-OH is 1. The normalized spacial score (nSPS) is 29.4. The van der Waals surface area contributed by atoms with Crippen LogP contribution in [0.15, 0.2) is 0 Å². The number of carbonyl (C=O) groups is 5. The molecule has 0 unspecified atom stereocenters. The molecule has 1 N–H and O–H groups in total. The van der Waals surface area contributed by atoms with Crippen molar-refractivity contribution in [1.29, 1.82) is 0 Å². The fourth-order valence-corrected chi connectivity index (χ4v) is 5.96. The first kappa shape index (κ1) is 42.3. The van der Waals surface area contributed by atoms with E-state index in [2.05, 4.69) is 0 Å². The summed E-state index contributed by atoms with van der Waals surface area (Å²) in [6, 6.07) is -3.16. The van der Waals surface area contributed by atoms with Gasteiger partial charge >= 0.3 is 17.9 Å². The maximum atomic E-state index is 14.1. The van der Waals surface area contributed by atoms with E-state index in [-0.39, 0.29) is 18.3 Å². The Balaban J connectivity index is 3.97. The van der Waals surface area contributed by atoms with Crippen LogP contribution in [0.5, 0.6) is 0 Å². The topological polar surface area (TPSA) is 143 Å². The summed E-state index contributed by atoms with van der Waals surface area (Å²) in [4.78, 5) is 73.5. The van der Waals surface area contributed by atoms with Crippen LogP contribution in [0.1, 0.15) is 95.9 Å². The molecule has 1 saturated heterocycles. The van der Waals surface area contributed by atoms with Crippen LogP contribution in [-0.4, -0.2) is 113 Å². The summed E-state index contributed by atoms with van der Waals surface area (Å²) in [5, 5.41) is 11.6. The van der Waals surface area contributed by atoms with E-state index in [1.807, 2.05) is 20.8 Å². The van der Waals surface area contributed by atoms with Crippen LogP contribution in [0.25, 0.3) is 0 Å². The molecule has 0 aromatic heterocycles. The highest BCUT2D eigenvalue weighted by Crippen LogP contribution is 2.26. The molecule has 0 aromatic rings. The van der Waals surface area contributed by atoms with Gasteiger partial charge in [-0.3, -0.25) is 19.3 Å². The molecule has 0 aliphatic carbocycles. The molecule has 0 radical (unpaired) electrons. The van der Waals surface area contributed by atoms with E-state index >= 15 is 0 Å². The molecule has 12 nitrogen and oxygen atoms in total. The third-order valence-corrected chi connectivity index (χ3v) is 9.09. The lowest BCUT2D eigenvalue weighted by atomic mass is 9.96. The van der Waals surface area contributed by atoms with Gasteiger partial charge in [0.1, 0.15) is 30.5 Å². The van der Waals surface area contributed by atoms with E-state index < -0.39 is 96.1 Å². The highest BCUT2D eigenvalue weighted by Gasteiger charge is 2.45. The van der Waals surface area contributed by atoms with Crippen molar-refractivity contribution < 1.29 is 43.3 Å². The minimum absolute atomic E-state index is 0.000447. The van der Waals surface area contributed by atoms with Gasteiger partial charge in [-0.2, -0.15) is 0 Å². The lowest BCUT2D eigenvalue weighted by molar-refractivity contribution is -0.189. The van der Waals surface area contributed by atoms with Gasteiger partial charge in [0.15, 0.2) is 12.2 Å². The van der Waals surface area contributed by atoms with Gasteiger partial charge in [-0.15, -0.1) is 0 Å². The number of nitrogens with zero attached hydrogens (tertiary/aromatic N) is 3. The summed E-state index contributed by atoms with van der Waals surface area (Å²) in [6.45, 7) is 21.6. The zero-order valence-corrected chi connectivity index (χ0v) is 31.5. The molecule has 1 aliphatic rings. The molecule has 2 amide bonds. The fourth-order valence-electron chi connectivity index (χ4n) is 5.96. The molecule has 1 fully saturated rings. The van der Waals surface area contributed by atoms with Gasteiger partial charge in [-0.1, -0.05) is 83.1 Å². The van der Waals surface area contributed by atoms with Gasteiger partial charge in [0.25, 0.3) is 11.8 Å². The zero-order valence-electron chi connectivity index (χ0n) is 31.5. The van der Waals surface area contributed by atoms with Crippen LogP contribution >= 0.6 is 0 Å². The summed E-state index contributed by atoms with van der Waals surface area (Å²) in [5.74, 6) is -5.48. The van der Waals surface area contributed by atoms with Crippen molar-refractivity contribution in [1.82, 2.24) is 14.7 Å². The Hall–Kier alpha value is -2.73. The van der Waals surface area contributed by atoms with E-state index in [4.69, 9.17) is 14.2 Å². The van der Waals surface area contributed by atoms with Crippen LogP contribution < -0.4 is 0 Å². The Morgan fingerprint density at radius 3 is 1.43 bits per heavy atom. The molecule has 0 aromatic carbocycles. The maximum absolute atomic E-state index is 14.1. The number of rotatable bonds is 8. The number of likely N-dealkylation sites (N-methyl/N-ethyl adjacent to an activating group) is 3. The van der Waals surface area contributed by atoms with Crippen molar-refractivity contribution in [2.45, 2.75) is 139 Å². The standard InChI is InChI=1S/C35H63N3O9/c1-16-23(12)29-32(41)38(15)25(19(4)5)34(43)46-27(21(8)9)30(39)36(13)24(17-18(2)3)33(42)45-28(22(10)11)31(40)37(14)26(20(6)7)35(44)47-29/h18-30,39H,16-17H2,1-15H3/t23-,24+,25+,26+,27-,28-,29-,30-/m1/s1. The first-order valence-electron chi connectivity index (χ1n) is 17.1. The lowest BCUT2D eigenvalue weighted by Gasteiger charge is -2.40. The van der Waals surface area contributed by atoms with Crippen molar-refractivity contribution >= 4 is 29.7 Å². The quantitative estimate of drug-likeness (QED) is 0.300. The first-order chi connectivity index (χ1) is 21.6. The second kappa shape index (κ2) is 18.1. The Bertz CT molecular complexity index is 1080. The number of esters is 3. The molecule has 1 aliphatic heterocycles. The molecule has 47 heavy (non-hydrogen) atoms. The highest BCUT2D eigenvalue weighted by molar-refractivity contribution is 5.92. The monoisotopic (exact) mass is 669 g/mol. The maximum Gasteiger partial charge on any atom is 0.329 e. The highest BCUT2D eigenvalue weighted by atomic mass is 16.6. The van der Waals surface area contributed by atoms with Crippen LogP contribution in [0.2, 0.25) is 0 Å². The smallest absolute Gasteiger partial charge is 0.329 e. The van der Waals surface area contributed by atoms with Crippen molar-refractivity contribution in [3.63, 3.8) is 0 Å². The minimum Gasteiger partial charge on any atom is -0.456 e. The van der Waals surface area contributed by atoms with Gasteiger partial charge in [-0.25, -0.2) is 9.59 Å². The fraction of sp³-hybridized carbons (Fsp3) is 0.857. The average molecular weight is 670 g/mol. The Labute approximate surface area is 282 Å². The number of cyclic esters (lactones) is 3. The summed E-state index contributed by atoms with van der Waals surface area (Å²) >= 11 is 0. The Kier molecular flexibility index (Phi) is 16.3. The van der Waals surface area contributed by atoms with Gasteiger partial charge in [0, 0.05) is 20.0 Å². The van der Waals surface area contributed by atoms with E-state index in [9.17, 15) is 29.1 Å². The molecular formula is C35H63N3O9. The van der Waals surface area contributed by atoms with Crippen molar-refractivity contribution in [3.8, 4) is 0 Å². The predicted molar refractivity (Wildman–Crippen MR) is 179 cm³/mol. The van der Waals surface area contributed by atoms with Crippen LogP contribution in [0, 0.1) is 35.5 Å². The van der Waals surface area contributed by atoms with Crippen LogP contribution in [0.3, 0.4) is 0 Å². The number of amides is 2. The number of carbonyl (C=O) groups excluding carboxylic acids is 5. The third-order valence-electron chi connectivity index (χ3n) is 9.09. The summed E-state index contributed by atoms with van der Waals surface area (Å²) in [6.07, 6.45) is -4.22. The molecule has 1 rings (SSSR count). The molecule has 0 spiro atoms. The lowest BCUT2D eigenvalue weighted by Crippen LogP contribution is -2.58. The minimum atomic E-state index is -1.42. The second-order valence-corrected chi connectivity index (χ2v) is 15.0. The van der Waals surface area contributed by atoms with Crippen molar-refractivity contribution in [2.75, 3.05) is 21.1 Å². The van der Waals surface area contributed by atoms with Gasteiger partial charge in [0.05, 0.1) is 0 Å². The number of aliphatic hydroxyl groups is 1. The van der Waals surface area contributed by atoms with E-state index in [1.165, 1.54) is 28.8 Å². The summed E-state index contributed by atoms with van der Waals surface area (Å²) < 4.78 is 17.8. The molecule has 0 saturated carbocycles. The summed E-state index contributed by atoms with van der Waals surface area (Å²) in [5.41, 5.74) is 0. The molecule has 8 atom stereocenters. The Morgan fingerprint density at radius 2 is 1.04 bits per heavy atom. The molecule has 272 valence electrons. The number of hydrogen-bond donors (Lipinski definition) is 1. The van der Waals surface area contributed by atoms with Gasteiger partial charge in [-0.05, 0) is 49.5 Å². The van der Waals surface area contributed by atoms with Crippen molar-refractivity contribution in [3.05, 3.63) is 0 Å². The molecular weight excluding hydrogens is 606 g/mol. The van der Waals surface area contributed by atoms with E-state index in [0.29, 0.717) is 6.42 Å². The van der Waals surface area contributed by atoms with Crippen LogP contribution in [-0.2, 0) is 38.2 Å². The van der Waals surface area contributed by atoms with E-state index in [0.717, 1.165) is 0 Å². The molecule has 12 heteroatoms. The second-order valence-electron chi connectivity index (χ2n) is 15.0. The predicted octanol–water partition coefficient (Wildman–Crippen LogP) is 3.72. The number of hydrogen-bond acceptors (Lipinski definition) is 10. The van der Waals surface area contributed by atoms with E-state index in [1.54, 1.807) is 69.4 Å². The summed E-state index contributed by atoms with van der Waals surface area (Å²) in [7, 11) is 4.48. The number of ether oxygens (including phenoxy) is 3. The van der Waals surface area contributed by atoms with Crippen molar-refractivity contribution in [2.24, 2.45) is 35.5 Å². The molecule has 0 bridgehead atoms. The Morgan fingerprint density at radius 1 is 0.617 bits per heavy atom. The zero-order chi connectivity index (χ0) is 36.7. The van der Waals surface area contributed by atoms with Gasteiger partial charge < -0.3 is 29.1 Å². The SMILES string of the molecule is CC[C@@H](C)[C@H]1OC(=O)[C@H](C(C)C)N(C)C(=O)[C@@H](C(C)C)OC(=O)[C@H](CC(C)C)N(C)[C@H](O)[C@@H](C(C)C)OC(=O)[C@H](C(C)C)N(C)C1=O. The van der Waals surface area contributed by atoms with Gasteiger partial charge in [0.2, 0.25) is 0 Å². The first-order valence-corrected chi connectivity index (χ1v) is 17.1. The third kappa shape index (κ3) is 10.6. The molecule has 1 heterocycles. The van der Waals surface area contributed by atoms with Crippen LogP contribution in [0.4, 0.5) is 0 Å².